The first kappa shape index (κ1) is 13.0. The van der Waals surface area contributed by atoms with Gasteiger partial charge in [-0.15, -0.1) is 0 Å². The number of hydrogen-bond donors (Lipinski definition) is 2. The van der Waals surface area contributed by atoms with E-state index in [1.54, 1.807) is 10.6 Å². The Labute approximate surface area is 116 Å². The fourth-order valence-electron chi connectivity index (χ4n) is 3.33. The molecule has 2 unspecified atom stereocenters. The summed E-state index contributed by atoms with van der Waals surface area (Å²) in [5.74, 6) is -0.408. The summed E-state index contributed by atoms with van der Waals surface area (Å²) in [6.45, 7) is 2.20. The molecule has 0 spiro atoms. The molecule has 2 atom stereocenters. The summed E-state index contributed by atoms with van der Waals surface area (Å²) >= 11 is 0. The summed E-state index contributed by atoms with van der Waals surface area (Å²) in [4.78, 5) is 26.2. The number of hydrogen-bond acceptors (Lipinski definition) is 2. The van der Waals surface area contributed by atoms with E-state index < -0.39 is 5.97 Å². The number of aromatic carboxylic acids is 1. The van der Waals surface area contributed by atoms with Crippen LogP contribution < -0.4 is 5.69 Å². The molecule has 1 aromatic carbocycles. The van der Waals surface area contributed by atoms with Crippen molar-refractivity contribution in [1.82, 2.24) is 9.55 Å². The lowest BCUT2D eigenvalue weighted by atomic mass is 9.87. The van der Waals surface area contributed by atoms with Gasteiger partial charge in [-0.3, -0.25) is 4.57 Å². The van der Waals surface area contributed by atoms with Crippen LogP contribution in [-0.2, 0) is 0 Å². The van der Waals surface area contributed by atoms with Crippen LogP contribution in [0.5, 0.6) is 0 Å². The molecule has 0 amide bonds. The number of carbonyl (C=O) groups is 1. The number of carboxylic acids is 1. The van der Waals surface area contributed by atoms with E-state index in [9.17, 15) is 14.7 Å². The van der Waals surface area contributed by atoms with Crippen LogP contribution in [-0.4, -0.2) is 20.6 Å². The molecule has 1 aliphatic carbocycles. The fraction of sp³-hybridized carbons (Fsp3) is 0.467. The zero-order valence-corrected chi connectivity index (χ0v) is 11.4. The number of carboxylic acid groups (broad SMARTS) is 1. The fourth-order valence-corrected chi connectivity index (χ4v) is 3.33. The van der Waals surface area contributed by atoms with Gasteiger partial charge in [0.15, 0.2) is 0 Å². The van der Waals surface area contributed by atoms with E-state index in [4.69, 9.17) is 0 Å². The largest absolute Gasteiger partial charge is 0.478 e. The Bertz CT molecular complexity index is 713. The number of benzene rings is 1. The Morgan fingerprint density at radius 2 is 2.20 bits per heavy atom. The molecular formula is C15H18N2O3. The summed E-state index contributed by atoms with van der Waals surface area (Å²) in [6, 6.07) is 5.21. The third-order valence-corrected chi connectivity index (χ3v) is 4.26. The molecule has 0 radical (unpaired) electrons. The van der Waals surface area contributed by atoms with Crippen molar-refractivity contribution in [2.45, 2.75) is 38.6 Å². The van der Waals surface area contributed by atoms with E-state index >= 15 is 0 Å². The predicted octanol–water partition coefficient (Wildman–Crippen LogP) is 2.78. The minimum atomic E-state index is -1.01. The number of nitrogens with one attached hydrogen (secondary N) is 1. The molecule has 0 bridgehead atoms. The standard InChI is InChI=1S/C15H18N2O3/c1-9-4-2-5-10(8-9)17-12-7-3-6-11(14(18)19)13(12)16-15(17)20/h3,6-7,9-10H,2,4-5,8H2,1H3,(H,16,20)(H,18,19). The van der Waals surface area contributed by atoms with E-state index in [-0.39, 0.29) is 17.3 Å². The average Bonchev–Trinajstić information content (AvgIpc) is 2.74. The van der Waals surface area contributed by atoms with Crippen LogP contribution in [0.3, 0.4) is 0 Å². The van der Waals surface area contributed by atoms with Gasteiger partial charge in [-0.25, -0.2) is 9.59 Å². The van der Waals surface area contributed by atoms with Gasteiger partial charge in [0.2, 0.25) is 0 Å². The SMILES string of the molecule is CC1CCCC(n2c(=O)[nH]c3c(C(=O)O)cccc32)C1. The first-order valence-corrected chi connectivity index (χ1v) is 7.04. The number of imidazole rings is 1. The first-order chi connectivity index (χ1) is 9.58. The van der Waals surface area contributed by atoms with Gasteiger partial charge in [-0.05, 0) is 30.9 Å². The van der Waals surface area contributed by atoms with Crippen LogP contribution in [0.25, 0.3) is 11.0 Å². The topological polar surface area (TPSA) is 75.1 Å². The van der Waals surface area contributed by atoms with Gasteiger partial charge < -0.3 is 10.1 Å². The Morgan fingerprint density at radius 1 is 1.40 bits per heavy atom. The van der Waals surface area contributed by atoms with Gasteiger partial charge in [0.25, 0.3) is 0 Å². The maximum Gasteiger partial charge on any atom is 0.337 e. The number of aromatic amines is 1. The summed E-state index contributed by atoms with van der Waals surface area (Å²) in [5.41, 5.74) is 1.09. The summed E-state index contributed by atoms with van der Waals surface area (Å²) in [6.07, 6.45) is 4.27. The highest BCUT2D eigenvalue weighted by Crippen LogP contribution is 2.33. The molecule has 2 N–H and O–H groups in total. The number of para-hydroxylation sites is 1. The normalized spacial score (nSPS) is 23.1. The van der Waals surface area contributed by atoms with Crippen LogP contribution in [0.2, 0.25) is 0 Å². The van der Waals surface area contributed by atoms with E-state index in [1.807, 2.05) is 6.07 Å². The van der Waals surface area contributed by atoms with Crippen LogP contribution in [0.1, 0.15) is 49.0 Å². The van der Waals surface area contributed by atoms with E-state index in [2.05, 4.69) is 11.9 Å². The molecule has 106 valence electrons. The van der Waals surface area contributed by atoms with E-state index in [0.717, 1.165) is 19.3 Å². The van der Waals surface area contributed by atoms with Crippen molar-refractivity contribution in [3.8, 4) is 0 Å². The Hall–Kier alpha value is -2.04. The molecule has 1 aliphatic rings. The second kappa shape index (κ2) is 4.81. The van der Waals surface area contributed by atoms with Crippen molar-refractivity contribution >= 4 is 17.0 Å². The first-order valence-electron chi connectivity index (χ1n) is 7.04. The average molecular weight is 274 g/mol. The van der Waals surface area contributed by atoms with Gasteiger partial charge in [0, 0.05) is 6.04 Å². The third kappa shape index (κ3) is 2.03. The highest BCUT2D eigenvalue weighted by atomic mass is 16.4. The molecule has 20 heavy (non-hydrogen) atoms. The van der Waals surface area contributed by atoms with Crippen molar-refractivity contribution in [2.24, 2.45) is 5.92 Å². The number of fused-ring (bicyclic) bond motifs is 1. The maximum absolute atomic E-state index is 12.2. The van der Waals surface area contributed by atoms with Gasteiger partial charge >= 0.3 is 11.7 Å². The van der Waals surface area contributed by atoms with Crippen LogP contribution in [0.4, 0.5) is 0 Å². The van der Waals surface area contributed by atoms with E-state index in [1.165, 1.54) is 12.5 Å². The minimum Gasteiger partial charge on any atom is -0.478 e. The number of H-pyrrole nitrogens is 1. The highest BCUT2D eigenvalue weighted by Gasteiger charge is 2.24. The van der Waals surface area contributed by atoms with Crippen LogP contribution in [0, 0.1) is 5.92 Å². The molecule has 1 heterocycles. The lowest BCUT2D eigenvalue weighted by molar-refractivity contribution is 0.0699. The number of rotatable bonds is 2. The number of aromatic nitrogens is 2. The lowest BCUT2D eigenvalue weighted by Gasteiger charge is -2.27. The molecule has 1 aromatic heterocycles. The summed E-state index contributed by atoms with van der Waals surface area (Å²) < 4.78 is 1.75. The van der Waals surface area contributed by atoms with Crippen molar-refractivity contribution in [1.29, 1.82) is 0 Å². The number of nitrogens with zero attached hydrogens (tertiary/aromatic N) is 1. The quantitative estimate of drug-likeness (QED) is 0.884. The lowest BCUT2D eigenvalue weighted by Crippen LogP contribution is -2.26. The smallest absolute Gasteiger partial charge is 0.337 e. The van der Waals surface area contributed by atoms with E-state index in [0.29, 0.717) is 17.0 Å². The Kier molecular flexibility index (Phi) is 3.12. The van der Waals surface area contributed by atoms with Crippen molar-refractivity contribution in [2.75, 3.05) is 0 Å². The monoisotopic (exact) mass is 274 g/mol. The summed E-state index contributed by atoms with van der Waals surface area (Å²) in [5, 5.41) is 9.20. The van der Waals surface area contributed by atoms with Crippen LogP contribution in [0.15, 0.2) is 23.0 Å². The van der Waals surface area contributed by atoms with Gasteiger partial charge in [-0.2, -0.15) is 0 Å². The molecule has 2 aromatic rings. The second-order valence-corrected chi connectivity index (χ2v) is 5.73. The Morgan fingerprint density at radius 3 is 2.90 bits per heavy atom. The predicted molar refractivity (Wildman–Crippen MR) is 76.2 cm³/mol. The molecule has 0 aliphatic heterocycles. The van der Waals surface area contributed by atoms with Gasteiger partial charge in [-0.1, -0.05) is 25.8 Å². The third-order valence-electron chi connectivity index (χ3n) is 4.26. The highest BCUT2D eigenvalue weighted by molar-refractivity contribution is 6.00. The van der Waals surface area contributed by atoms with Gasteiger partial charge in [0.1, 0.15) is 0 Å². The van der Waals surface area contributed by atoms with Crippen molar-refractivity contribution in [3.05, 3.63) is 34.2 Å². The second-order valence-electron chi connectivity index (χ2n) is 5.73. The summed E-state index contributed by atoms with van der Waals surface area (Å²) in [7, 11) is 0. The van der Waals surface area contributed by atoms with Crippen molar-refractivity contribution in [3.63, 3.8) is 0 Å². The molecular weight excluding hydrogens is 256 g/mol. The molecule has 5 nitrogen and oxygen atoms in total. The van der Waals surface area contributed by atoms with Crippen LogP contribution >= 0.6 is 0 Å². The minimum absolute atomic E-state index is 0.155. The van der Waals surface area contributed by atoms with Gasteiger partial charge in [0.05, 0.1) is 16.6 Å². The van der Waals surface area contributed by atoms with Crippen molar-refractivity contribution < 1.29 is 9.90 Å². The molecule has 1 saturated carbocycles. The Balaban J connectivity index is 2.16. The molecule has 5 heteroatoms. The zero-order valence-electron chi connectivity index (χ0n) is 11.4. The molecule has 3 rings (SSSR count). The molecule has 1 fully saturated rings. The molecule has 0 saturated heterocycles. The maximum atomic E-state index is 12.2. The zero-order chi connectivity index (χ0) is 14.3.